The van der Waals surface area contributed by atoms with Gasteiger partial charge in [0.25, 0.3) is 0 Å². The normalized spacial score (nSPS) is 12.4. The molecule has 7 heteroatoms. The highest BCUT2D eigenvalue weighted by Gasteiger charge is 2.15. The van der Waals surface area contributed by atoms with Crippen molar-refractivity contribution >= 4 is 5.97 Å². The highest BCUT2D eigenvalue weighted by molar-refractivity contribution is 5.86. The SMILES string of the molecule is COC(=O)c1ccc(C(C)NCc2noc(C)n2)o1. The molecule has 2 heterocycles. The highest BCUT2D eigenvalue weighted by Crippen LogP contribution is 2.17. The summed E-state index contributed by atoms with van der Waals surface area (Å²) in [6.07, 6.45) is 0. The number of hydrogen-bond donors (Lipinski definition) is 1. The van der Waals surface area contributed by atoms with Crippen molar-refractivity contribution in [3.8, 4) is 0 Å². The van der Waals surface area contributed by atoms with Gasteiger partial charge in [-0.05, 0) is 19.1 Å². The molecule has 0 fully saturated rings. The first-order valence-electron chi connectivity index (χ1n) is 5.80. The molecule has 2 aromatic rings. The van der Waals surface area contributed by atoms with Crippen molar-refractivity contribution in [3.63, 3.8) is 0 Å². The van der Waals surface area contributed by atoms with Crippen LogP contribution in [0.25, 0.3) is 0 Å². The van der Waals surface area contributed by atoms with E-state index in [9.17, 15) is 4.79 Å². The zero-order chi connectivity index (χ0) is 13.8. The van der Waals surface area contributed by atoms with Gasteiger partial charge in [-0.2, -0.15) is 4.98 Å². The number of esters is 1. The molecule has 0 aliphatic heterocycles. The number of aromatic nitrogens is 2. The molecule has 0 aliphatic carbocycles. The van der Waals surface area contributed by atoms with E-state index in [-0.39, 0.29) is 11.8 Å². The van der Waals surface area contributed by atoms with Crippen LogP contribution in [0.4, 0.5) is 0 Å². The van der Waals surface area contributed by atoms with Crippen LogP contribution in [0.1, 0.15) is 41.0 Å². The molecule has 0 aromatic carbocycles. The second kappa shape index (κ2) is 5.66. The largest absolute Gasteiger partial charge is 0.463 e. The summed E-state index contributed by atoms with van der Waals surface area (Å²) >= 11 is 0. The Morgan fingerprint density at radius 3 is 2.95 bits per heavy atom. The molecule has 102 valence electrons. The molecule has 0 saturated carbocycles. The Labute approximate surface area is 109 Å². The Bertz CT molecular complexity index is 561. The number of nitrogens with one attached hydrogen (secondary N) is 1. The van der Waals surface area contributed by atoms with Crippen LogP contribution in [0.2, 0.25) is 0 Å². The van der Waals surface area contributed by atoms with Gasteiger partial charge < -0.3 is 19.0 Å². The van der Waals surface area contributed by atoms with Gasteiger partial charge in [-0.1, -0.05) is 5.16 Å². The topological polar surface area (TPSA) is 90.4 Å². The molecule has 0 radical (unpaired) electrons. The number of methoxy groups -OCH3 is 1. The molecule has 0 aliphatic rings. The minimum absolute atomic E-state index is 0.0859. The average molecular weight is 265 g/mol. The number of aryl methyl sites for hydroxylation is 1. The number of carbonyl (C=O) groups is 1. The lowest BCUT2D eigenvalue weighted by Gasteiger charge is -2.08. The number of furan rings is 1. The molecule has 2 aromatic heterocycles. The van der Waals surface area contributed by atoms with E-state index in [1.165, 1.54) is 7.11 Å². The Morgan fingerprint density at radius 2 is 2.32 bits per heavy atom. The van der Waals surface area contributed by atoms with Crippen molar-refractivity contribution in [3.05, 3.63) is 35.4 Å². The van der Waals surface area contributed by atoms with E-state index >= 15 is 0 Å². The van der Waals surface area contributed by atoms with Crippen molar-refractivity contribution < 1.29 is 18.5 Å². The number of carbonyl (C=O) groups excluding carboxylic acids is 1. The van der Waals surface area contributed by atoms with Gasteiger partial charge in [0.15, 0.2) is 5.82 Å². The highest BCUT2D eigenvalue weighted by atomic mass is 16.5. The van der Waals surface area contributed by atoms with Crippen molar-refractivity contribution in [1.82, 2.24) is 15.5 Å². The van der Waals surface area contributed by atoms with Crippen LogP contribution in [-0.2, 0) is 11.3 Å². The second-order valence-electron chi connectivity index (χ2n) is 4.03. The van der Waals surface area contributed by atoms with Gasteiger partial charge in [-0.25, -0.2) is 4.79 Å². The molecule has 1 unspecified atom stereocenters. The quantitative estimate of drug-likeness (QED) is 0.821. The fourth-order valence-electron chi connectivity index (χ4n) is 1.55. The molecule has 1 atom stereocenters. The zero-order valence-corrected chi connectivity index (χ0v) is 11.0. The van der Waals surface area contributed by atoms with Crippen LogP contribution in [0.15, 0.2) is 21.1 Å². The molecule has 7 nitrogen and oxygen atoms in total. The van der Waals surface area contributed by atoms with E-state index in [0.29, 0.717) is 24.0 Å². The minimum atomic E-state index is -0.493. The van der Waals surface area contributed by atoms with Gasteiger partial charge in [0, 0.05) is 6.92 Å². The Balaban J connectivity index is 1.94. The molecule has 2 rings (SSSR count). The number of nitrogens with zero attached hydrogens (tertiary/aromatic N) is 2. The minimum Gasteiger partial charge on any atom is -0.463 e. The van der Waals surface area contributed by atoms with Crippen molar-refractivity contribution in [2.45, 2.75) is 26.4 Å². The summed E-state index contributed by atoms with van der Waals surface area (Å²) < 4.78 is 14.8. The fraction of sp³-hybridized carbons (Fsp3) is 0.417. The van der Waals surface area contributed by atoms with E-state index in [2.05, 4.69) is 20.2 Å². The van der Waals surface area contributed by atoms with Crippen molar-refractivity contribution in [2.75, 3.05) is 7.11 Å². The van der Waals surface area contributed by atoms with Crippen molar-refractivity contribution in [1.29, 1.82) is 0 Å². The monoisotopic (exact) mass is 265 g/mol. The predicted molar refractivity (Wildman–Crippen MR) is 64.3 cm³/mol. The first-order chi connectivity index (χ1) is 9.10. The summed E-state index contributed by atoms with van der Waals surface area (Å²) in [4.78, 5) is 15.3. The third-order valence-corrected chi connectivity index (χ3v) is 2.58. The van der Waals surface area contributed by atoms with Crippen molar-refractivity contribution in [2.24, 2.45) is 0 Å². The molecular weight excluding hydrogens is 250 g/mol. The lowest BCUT2D eigenvalue weighted by molar-refractivity contribution is 0.0562. The van der Waals surface area contributed by atoms with Gasteiger partial charge in [-0.3, -0.25) is 0 Å². The fourth-order valence-corrected chi connectivity index (χ4v) is 1.55. The lowest BCUT2D eigenvalue weighted by atomic mass is 10.2. The molecule has 0 amide bonds. The van der Waals surface area contributed by atoms with Crippen LogP contribution in [-0.4, -0.2) is 23.2 Å². The maximum atomic E-state index is 11.3. The van der Waals surface area contributed by atoms with Gasteiger partial charge in [0.2, 0.25) is 11.7 Å². The molecular formula is C12H15N3O4. The smallest absolute Gasteiger partial charge is 0.373 e. The van der Waals surface area contributed by atoms with Gasteiger partial charge >= 0.3 is 5.97 Å². The van der Waals surface area contributed by atoms with Gasteiger partial charge in [0.1, 0.15) is 5.76 Å². The Morgan fingerprint density at radius 1 is 1.53 bits per heavy atom. The number of rotatable bonds is 5. The summed E-state index contributed by atoms with van der Waals surface area (Å²) in [6.45, 7) is 4.09. The summed E-state index contributed by atoms with van der Waals surface area (Å²) in [5, 5.41) is 6.94. The maximum Gasteiger partial charge on any atom is 0.373 e. The van der Waals surface area contributed by atoms with Gasteiger partial charge in [0.05, 0.1) is 19.7 Å². The Hall–Kier alpha value is -2.15. The lowest BCUT2D eigenvalue weighted by Crippen LogP contribution is -2.18. The summed E-state index contributed by atoms with van der Waals surface area (Å²) in [7, 11) is 1.31. The van der Waals surface area contributed by atoms with Crippen LogP contribution in [0.3, 0.4) is 0 Å². The van der Waals surface area contributed by atoms with Crippen LogP contribution < -0.4 is 5.32 Å². The van der Waals surface area contributed by atoms with E-state index < -0.39 is 5.97 Å². The first kappa shape index (κ1) is 13.3. The molecule has 0 saturated heterocycles. The second-order valence-corrected chi connectivity index (χ2v) is 4.03. The summed E-state index contributed by atoms with van der Waals surface area (Å²) in [6, 6.07) is 3.22. The standard InChI is InChI=1S/C12H15N3O4/c1-7(13-6-11-14-8(2)19-15-11)9-4-5-10(18-9)12(16)17-3/h4-5,7,13H,6H2,1-3H3. The van der Waals surface area contributed by atoms with E-state index in [1.807, 2.05) is 6.92 Å². The van der Waals surface area contributed by atoms with E-state index in [4.69, 9.17) is 8.94 Å². The summed E-state index contributed by atoms with van der Waals surface area (Å²) in [5.41, 5.74) is 0. The maximum absolute atomic E-state index is 11.3. The zero-order valence-electron chi connectivity index (χ0n) is 11.0. The molecule has 0 bridgehead atoms. The third kappa shape index (κ3) is 3.19. The molecule has 19 heavy (non-hydrogen) atoms. The number of hydrogen-bond acceptors (Lipinski definition) is 7. The third-order valence-electron chi connectivity index (χ3n) is 2.58. The van der Waals surface area contributed by atoms with Gasteiger partial charge in [-0.15, -0.1) is 0 Å². The number of ether oxygens (including phenoxy) is 1. The van der Waals surface area contributed by atoms with Crippen LogP contribution in [0, 0.1) is 6.92 Å². The first-order valence-corrected chi connectivity index (χ1v) is 5.80. The average Bonchev–Trinajstić information content (AvgIpc) is 3.04. The van der Waals surface area contributed by atoms with E-state index in [1.54, 1.807) is 19.1 Å². The van der Waals surface area contributed by atoms with Crippen LogP contribution in [0.5, 0.6) is 0 Å². The predicted octanol–water partition coefficient (Wildman–Crippen LogP) is 1.61. The molecule has 0 spiro atoms. The van der Waals surface area contributed by atoms with E-state index in [0.717, 1.165) is 0 Å². The summed E-state index contributed by atoms with van der Waals surface area (Å²) in [5.74, 6) is 1.42. The van der Waals surface area contributed by atoms with Crippen LogP contribution >= 0.6 is 0 Å². The molecule has 1 N–H and O–H groups in total. The Kier molecular flexibility index (Phi) is 3.96.